The summed E-state index contributed by atoms with van der Waals surface area (Å²) >= 11 is 5.95. The predicted molar refractivity (Wildman–Crippen MR) is 116 cm³/mol. The van der Waals surface area contributed by atoms with Crippen LogP contribution in [0.5, 0.6) is 17.2 Å². The van der Waals surface area contributed by atoms with Gasteiger partial charge in [-0.3, -0.25) is 4.79 Å². The minimum Gasteiger partial charge on any atom is -0.497 e. The fourth-order valence-electron chi connectivity index (χ4n) is 3.33. The lowest BCUT2D eigenvalue weighted by molar-refractivity contribution is -0.139. The number of hydrogen-bond acceptors (Lipinski definition) is 6. The van der Waals surface area contributed by atoms with E-state index in [-0.39, 0.29) is 42.7 Å². The van der Waals surface area contributed by atoms with Crippen molar-refractivity contribution in [2.45, 2.75) is 17.9 Å². The number of carbonyl (C=O) groups excluding carboxylic acids is 1. The summed E-state index contributed by atoms with van der Waals surface area (Å²) in [6, 6.07) is 11.4. The second kappa shape index (κ2) is 9.76. The summed E-state index contributed by atoms with van der Waals surface area (Å²) < 4.78 is 43.8. The lowest BCUT2D eigenvalue weighted by atomic mass is 10.2. The summed E-state index contributed by atoms with van der Waals surface area (Å²) in [5.41, 5.74) is 0. The van der Waals surface area contributed by atoms with Gasteiger partial charge in [-0.1, -0.05) is 17.7 Å². The molecule has 0 N–H and O–H groups in total. The molecule has 2 aromatic rings. The van der Waals surface area contributed by atoms with Gasteiger partial charge in [0, 0.05) is 37.3 Å². The normalized spacial score (nSPS) is 15.9. The molecule has 168 valence electrons. The highest BCUT2D eigenvalue weighted by Crippen LogP contribution is 2.31. The highest BCUT2D eigenvalue weighted by Gasteiger charge is 2.33. The van der Waals surface area contributed by atoms with Crippen molar-refractivity contribution < 1.29 is 27.4 Å². The van der Waals surface area contributed by atoms with Gasteiger partial charge in [0.25, 0.3) is 5.91 Å². The Morgan fingerprint density at radius 3 is 2.32 bits per heavy atom. The van der Waals surface area contributed by atoms with Crippen LogP contribution in [0.15, 0.2) is 47.4 Å². The molecule has 1 heterocycles. The highest BCUT2D eigenvalue weighted by atomic mass is 35.5. The van der Waals surface area contributed by atoms with Crippen molar-refractivity contribution in [3.63, 3.8) is 0 Å². The Kier molecular flexibility index (Phi) is 7.30. The SMILES string of the molecule is COc1ccc(OC)c(S(=O)(=O)N2CCN(C(=O)C(C)Oc3cccc(Cl)c3)CC2)c1. The third-order valence-electron chi connectivity index (χ3n) is 5.00. The average Bonchev–Trinajstić information content (AvgIpc) is 2.78. The average molecular weight is 469 g/mol. The van der Waals surface area contributed by atoms with Crippen LogP contribution in [0.25, 0.3) is 0 Å². The Labute approximate surface area is 187 Å². The maximum absolute atomic E-state index is 13.2. The molecule has 0 spiro atoms. The molecule has 0 bridgehead atoms. The van der Waals surface area contributed by atoms with Gasteiger partial charge >= 0.3 is 0 Å². The van der Waals surface area contributed by atoms with E-state index in [4.69, 9.17) is 25.8 Å². The van der Waals surface area contributed by atoms with E-state index in [1.54, 1.807) is 48.2 Å². The highest BCUT2D eigenvalue weighted by molar-refractivity contribution is 7.89. The first-order valence-electron chi connectivity index (χ1n) is 9.69. The summed E-state index contributed by atoms with van der Waals surface area (Å²) in [7, 11) is -0.933. The molecule has 1 atom stereocenters. The molecule has 8 nitrogen and oxygen atoms in total. The van der Waals surface area contributed by atoms with E-state index < -0.39 is 16.1 Å². The summed E-state index contributed by atoms with van der Waals surface area (Å²) in [5, 5.41) is 0.518. The first-order chi connectivity index (χ1) is 14.8. The summed E-state index contributed by atoms with van der Waals surface area (Å²) in [5.74, 6) is 0.943. The number of hydrogen-bond donors (Lipinski definition) is 0. The lowest BCUT2D eigenvalue weighted by Crippen LogP contribution is -2.53. The lowest BCUT2D eigenvalue weighted by Gasteiger charge is -2.35. The maximum atomic E-state index is 13.2. The van der Waals surface area contributed by atoms with E-state index in [0.717, 1.165) is 0 Å². The van der Waals surface area contributed by atoms with Crippen molar-refractivity contribution in [3.05, 3.63) is 47.5 Å². The Balaban J connectivity index is 1.66. The van der Waals surface area contributed by atoms with Crippen LogP contribution in [0.2, 0.25) is 5.02 Å². The minimum absolute atomic E-state index is 0.0341. The Morgan fingerprint density at radius 1 is 1.00 bits per heavy atom. The molecule has 1 unspecified atom stereocenters. The topological polar surface area (TPSA) is 85.4 Å². The molecular weight excluding hydrogens is 444 g/mol. The number of carbonyl (C=O) groups is 1. The van der Waals surface area contributed by atoms with Gasteiger partial charge in [-0.25, -0.2) is 8.42 Å². The zero-order chi connectivity index (χ0) is 22.6. The number of methoxy groups -OCH3 is 2. The first-order valence-corrected chi connectivity index (χ1v) is 11.5. The van der Waals surface area contributed by atoms with Crippen LogP contribution in [0.1, 0.15) is 6.92 Å². The number of halogens is 1. The van der Waals surface area contributed by atoms with E-state index >= 15 is 0 Å². The molecule has 0 radical (unpaired) electrons. The Bertz CT molecular complexity index is 1040. The number of ether oxygens (including phenoxy) is 3. The molecule has 1 aliphatic heterocycles. The predicted octanol–water partition coefficient (Wildman–Crippen LogP) is 2.66. The smallest absolute Gasteiger partial charge is 0.263 e. The van der Waals surface area contributed by atoms with Gasteiger partial charge in [-0.2, -0.15) is 4.31 Å². The third kappa shape index (κ3) is 5.23. The Hall–Kier alpha value is -2.49. The molecule has 2 aromatic carbocycles. The zero-order valence-corrected chi connectivity index (χ0v) is 19.1. The molecule has 0 aliphatic carbocycles. The standard InChI is InChI=1S/C21H25ClN2O6S/c1-15(30-18-6-4-5-16(22)13-18)21(25)23-9-11-24(12-10-23)31(26,27)20-14-17(28-2)7-8-19(20)29-3/h4-8,13-15H,9-12H2,1-3H3. The molecule has 1 aliphatic rings. The Morgan fingerprint density at radius 2 is 1.71 bits per heavy atom. The van der Waals surface area contributed by atoms with Crippen molar-refractivity contribution >= 4 is 27.5 Å². The number of sulfonamides is 1. The van der Waals surface area contributed by atoms with Crippen molar-refractivity contribution in [1.82, 2.24) is 9.21 Å². The number of rotatable bonds is 7. The van der Waals surface area contributed by atoms with Crippen LogP contribution in [-0.2, 0) is 14.8 Å². The van der Waals surface area contributed by atoms with Crippen molar-refractivity contribution in [1.29, 1.82) is 0 Å². The van der Waals surface area contributed by atoms with Gasteiger partial charge in [0.15, 0.2) is 6.10 Å². The fraction of sp³-hybridized carbons (Fsp3) is 0.381. The van der Waals surface area contributed by atoms with Crippen LogP contribution in [0.3, 0.4) is 0 Å². The largest absolute Gasteiger partial charge is 0.497 e. The molecule has 10 heteroatoms. The number of piperazine rings is 1. The third-order valence-corrected chi connectivity index (χ3v) is 7.15. The zero-order valence-electron chi connectivity index (χ0n) is 17.6. The van der Waals surface area contributed by atoms with Gasteiger partial charge in [0.2, 0.25) is 10.0 Å². The molecule has 0 saturated carbocycles. The molecular formula is C21H25ClN2O6S. The van der Waals surface area contributed by atoms with Gasteiger partial charge in [0.05, 0.1) is 14.2 Å². The molecule has 3 rings (SSSR count). The van der Waals surface area contributed by atoms with E-state index in [2.05, 4.69) is 0 Å². The number of nitrogens with zero attached hydrogens (tertiary/aromatic N) is 2. The molecule has 1 fully saturated rings. The van der Waals surface area contributed by atoms with Crippen LogP contribution in [-0.4, -0.2) is 70.0 Å². The van der Waals surface area contributed by atoms with E-state index in [0.29, 0.717) is 16.5 Å². The van der Waals surface area contributed by atoms with Gasteiger partial charge in [-0.05, 0) is 37.3 Å². The van der Waals surface area contributed by atoms with Crippen molar-refractivity contribution in [2.75, 3.05) is 40.4 Å². The van der Waals surface area contributed by atoms with Crippen LogP contribution < -0.4 is 14.2 Å². The van der Waals surface area contributed by atoms with Crippen LogP contribution >= 0.6 is 11.6 Å². The van der Waals surface area contributed by atoms with Crippen molar-refractivity contribution in [3.8, 4) is 17.2 Å². The fourth-order valence-corrected chi connectivity index (χ4v) is 5.10. The minimum atomic E-state index is -3.82. The van der Waals surface area contributed by atoms with E-state index in [1.165, 1.54) is 24.6 Å². The van der Waals surface area contributed by atoms with Crippen LogP contribution in [0.4, 0.5) is 0 Å². The second-order valence-electron chi connectivity index (χ2n) is 6.96. The summed E-state index contributed by atoms with van der Waals surface area (Å²) in [6.07, 6.45) is -0.722. The quantitative estimate of drug-likeness (QED) is 0.621. The molecule has 31 heavy (non-hydrogen) atoms. The van der Waals surface area contributed by atoms with E-state index in [9.17, 15) is 13.2 Å². The molecule has 0 aromatic heterocycles. The number of amides is 1. The molecule has 1 amide bonds. The summed E-state index contributed by atoms with van der Waals surface area (Å²) in [6.45, 7) is 2.51. The monoisotopic (exact) mass is 468 g/mol. The van der Waals surface area contributed by atoms with Crippen LogP contribution in [0, 0.1) is 0 Å². The molecule has 1 saturated heterocycles. The summed E-state index contributed by atoms with van der Waals surface area (Å²) in [4.78, 5) is 14.4. The van der Waals surface area contributed by atoms with Crippen molar-refractivity contribution in [2.24, 2.45) is 0 Å². The number of benzene rings is 2. The maximum Gasteiger partial charge on any atom is 0.263 e. The van der Waals surface area contributed by atoms with Gasteiger partial charge < -0.3 is 19.1 Å². The van der Waals surface area contributed by atoms with E-state index in [1.807, 2.05) is 0 Å². The second-order valence-corrected chi connectivity index (χ2v) is 9.31. The van der Waals surface area contributed by atoms with Gasteiger partial charge in [0.1, 0.15) is 22.1 Å². The first kappa shape index (κ1) is 23.2. The van der Waals surface area contributed by atoms with Gasteiger partial charge in [-0.15, -0.1) is 0 Å².